The lowest BCUT2D eigenvalue weighted by atomic mass is 10.2. The molecule has 5 heteroatoms. The Bertz CT molecular complexity index is 602. The van der Waals surface area contributed by atoms with Crippen molar-refractivity contribution in [1.82, 2.24) is 4.98 Å². The maximum absolute atomic E-state index is 5.85. The standard InChI is InChI=1S/C15H15Br2NO2/c1-10-5-14(19-2)7-13(18-10)9-20-15-4-3-12(17)6-11(15)8-16/h3-7H,8-9H2,1-2H3. The molecule has 0 fully saturated rings. The van der Waals surface area contributed by atoms with Gasteiger partial charge in [0.1, 0.15) is 18.1 Å². The molecule has 3 nitrogen and oxygen atoms in total. The van der Waals surface area contributed by atoms with Crippen molar-refractivity contribution < 1.29 is 9.47 Å². The number of aromatic nitrogens is 1. The van der Waals surface area contributed by atoms with Crippen LogP contribution >= 0.6 is 31.9 Å². The van der Waals surface area contributed by atoms with Crippen LogP contribution in [-0.2, 0) is 11.9 Å². The molecule has 1 aromatic carbocycles. The zero-order valence-corrected chi connectivity index (χ0v) is 14.5. The van der Waals surface area contributed by atoms with Crippen molar-refractivity contribution in [2.45, 2.75) is 18.9 Å². The molecule has 20 heavy (non-hydrogen) atoms. The van der Waals surface area contributed by atoms with E-state index in [-0.39, 0.29) is 0 Å². The Labute approximate surface area is 135 Å². The van der Waals surface area contributed by atoms with Crippen molar-refractivity contribution in [3.05, 3.63) is 51.8 Å². The van der Waals surface area contributed by atoms with Crippen LogP contribution in [0.4, 0.5) is 0 Å². The molecular formula is C15H15Br2NO2. The van der Waals surface area contributed by atoms with E-state index in [1.54, 1.807) is 7.11 Å². The van der Waals surface area contributed by atoms with Crippen molar-refractivity contribution in [2.75, 3.05) is 7.11 Å². The van der Waals surface area contributed by atoms with Crippen LogP contribution in [0.1, 0.15) is 17.0 Å². The number of methoxy groups -OCH3 is 1. The average Bonchev–Trinajstić information content (AvgIpc) is 2.45. The van der Waals surface area contributed by atoms with E-state index in [1.807, 2.05) is 37.3 Å². The Morgan fingerprint density at radius 3 is 2.70 bits per heavy atom. The molecule has 0 amide bonds. The minimum Gasteiger partial charge on any atom is -0.497 e. The smallest absolute Gasteiger partial charge is 0.130 e. The van der Waals surface area contributed by atoms with Gasteiger partial charge in [-0.2, -0.15) is 0 Å². The number of pyridine rings is 1. The highest BCUT2D eigenvalue weighted by atomic mass is 79.9. The first-order valence-electron chi connectivity index (χ1n) is 6.11. The number of hydrogen-bond donors (Lipinski definition) is 0. The largest absolute Gasteiger partial charge is 0.497 e. The molecule has 1 aromatic heterocycles. The normalized spacial score (nSPS) is 10.4. The molecule has 0 radical (unpaired) electrons. The molecule has 0 aliphatic carbocycles. The first-order chi connectivity index (χ1) is 9.62. The predicted molar refractivity (Wildman–Crippen MR) is 86.6 cm³/mol. The Morgan fingerprint density at radius 1 is 1.20 bits per heavy atom. The van der Waals surface area contributed by atoms with Crippen molar-refractivity contribution >= 4 is 31.9 Å². The van der Waals surface area contributed by atoms with E-state index in [9.17, 15) is 0 Å². The van der Waals surface area contributed by atoms with Crippen LogP contribution < -0.4 is 9.47 Å². The lowest BCUT2D eigenvalue weighted by Crippen LogP contribution is -2.02. The highest BCUT2D eigenvalue weighted by molar-refractivity contribution is 9.10. The molecule has 0 saturated carbocycles. The van der Waals surface area contributed by atoms with Gasteiger partial charge in [0.05, 0.1) is 12.8 Å². The fourth-order valence-electron chi connectivity index (χ4n) is 1.84. The molecule has 0 saturated heterocycles. The van der Waals surface area contributed by atoms with Gasteiger partial charge in [-0.15, -0.1) is 0 Å². The number of nitrogens with zero attached hydrogens (tertiary/aromatic N) is 1. The van der Waals surface area contributed by atoms with E-state index in [1.165, 1.54) is 0 Å². The van der Waals surface area contributed by atoms with Crippen LogP contribution in [0.2, 0.25) is 0 Å². The Morgan fingerprint density at radius 2 is 2.00 bits per heavy atom. The van der Waals surface area contributed by atoms with Crippen molar-refractivity contribution in [3.8, 4) is 11.5 Å². The maximum Gasteiger partial charge on any atom is 0.130 e. The Kier molecular flexibility index (Phi) is 5.43. The molecule has 0 unspecified atom stereocenters. The summed E-state index contributed by atoms with van der Waals surface area (Å²) < 4.78 is 12.1. The van der Waals surface area contributed by atoms with Gasteiger partial charge in [-0.1, -0.05) is 31.9 Å². The lowest BCUT2D eigenvalue weighted by molar-refractivity contribution is 0.297. The number of alkyl halides is 1. The zero-order chi connectivity index (χ0) is 14.5. The van der Waals surface area contributed by atoms with E-state index < -0.39 is 0 Å². The van der Waals surface area contributed by atoms with Gasteiger partial charge >= 0.3 is 0 Å². The highest BCUT2D eigenvalue weighted by Crippen LogP contribution is 2.26. The van der Waals surface area contributed by atoms with E-state index in [0.29, 0.717) is 6.61 Å². The van der Waals surface area contributed by atoms with Gasteiger partial charge in [0.15, 0.2) is 0 Å². The fraction of sp³-hybridized carbons (Fsp3) is 0.267. The van der Waals surface area contributed by atoms with Gasteiger partial charge < -0.3 is 9.47 Å². The molecule has 2 rings (SSSR count). The first kappa shape index (κ1) is 15.3. The monoisotopic (exact) mass is 399 g/mol. The molecule has 106 valence electrons. The SMILES string of the molecule is COc1cc(C)nc(COc2ccc(Br)cc2CBr)c1. The summed E-state index contributed by atoms with van der Waals surface area (Å²) in [5.41, 5.74) is 2.86. The third kappa shape index (κ3) is 3.96. The van der Waals surface area contributed by atoms with Gasteiger partial charge in [-0.05, 0) is 25.1 Å². The molecule has 2 aromatic rings. The fourth-order valence-corrected chi connectivity index (χ4v) is 2.69. The first-order valence-corrected chi connectivity index (χ1v) is 8.02. The quantitative estimate of drug-likeness (QED) is 0.685. The summed E-state index contributed by atoms with van der Waals surface area (Å²) in [4.78, 5) is 4.44. The number of benzene rings is 1. The van der Waals surface area contributed by atoms with Crippen LogP contribution in [-0.4, -0.2) is 12.1 Å². The summed E-state index contributed by atoms with van der Waals surface area (Å²) in [6, 6.07) is 9.74. The second-order valence-corrected chi connectivity index (χ2v) is 5.79. The topological polar surface area (TPSA) is 31.4 Å². The van der Waals surface area contributed by atoms with Crippen LogP contribution in [0.5, 0.6) is 11.5 Å². The zero-order valence-electron chi connectivity index (χ0n) is 11.3. The summed E-state index contributed by atoms with van der Waals surface area (Å²) in [7, 11) is 1.65. The van der Waals surface area contributed by atoms with E-state index in [2.05, 4.69) is 36.8 Å². The van der Waals surface area contributed by atoms with Crippen molar-refractivity contribution in [1.29, 1.82) is 0 Å². The van der Waals surface area contributed by atoms with Gasteiger partial charge in [-0.3, -0.25) is 4.98 Å². The molecule has 0 bridgehead atoms. The van der Waals surface area contributed by atoms with Crippen LogP contribution in [0, 0.1) is 6.92 Å². The van der Waals surface area contributed by atoms with Crippen LogP contribution in [0.15, 0.2) is 34.8 Å². The lowest BCUT2D eigenvalue weighted by Gasteiger charge is -2.11. The van der Waals surface area contributed by atoms with Crippen LogP contribution in [0.25, 0.3) is 0 Å². The number of rotatable bonds is 5. The van der Waals surface area contributed by atoms with E-state index in [0.717, 1.165) is 38.3 Å². The summed E-state index contributed by atoms with van der Waals surface area (Å²) in [5, 5.41) is 0.742. The molecule has 0 spiro atoms. The van der Waals surface area contributed by atoms with E-state index >= 15 is 0 Å². The van der Waals surface area contributed by atoms with Gasteiger partial charge in [0, 0.05) is 33.2 Å². The third-order valence-corrected chi connectivity index (χ3v) is 3.86. The minimum absolute atomic E-state index is 0.416. The second kappa shape index (κ2) is 7.09. The van der Waals surface area contributed by atoms with Crippen molar-refractivity contribution in [3.63, 3.8) is 0 Å². The Hall–Kier alpha value is -1.07. The molecule has 0 aliphatic rings. The Balaban J connectivity index is 2.14. The highest BCUT2D eigenvalue weighted by Gasteiger charge is 2.06. The predicted octanol–water partition coefficient (Wildman–Crippen LogP) is 4.64. The summed E-state index contributed by atoms with van der Waals surface area (Å²) in [5.74, 6) is 1.65. The van der Waals surface area contributed by atoms with Gasteiger partial charge in [0.2, 0.25) is 0 Å². The third-order valence-electron chi connectivity index (χ3n) is 2.76. The number of hydrogen-bond acceptors (Lipinski definition) is 3. The number of ether oxygens (including phenoxy) is 2. The summed E-state index contributed by atoms with van der Waals surface area (Å²) in [6.45, 7) is 2.36. The minimum atomic E-state index is 0.416. The summed E-state index contributed by atoms with van der Waals surface area (Å²) >= 11 is 6.92. The molecular weight excluding hydrogens is 386 g/mol. The number of aryl methyl sites for hydroxylation is 1. The average molecular weight is 401 g/mol. The van der Waals surface area contributed by atoms with Crippen molar-refractivity contribution in [2.24, 2.45) is 0 Å². The van der Waals surface area contributed by atoms with Gasteiger partial charge in [0.25, 0.3) is 0 Å². The summed E-state index contributed by atoms with van der Waals surface area (Å²) in [6.07, 6.45) is 0. The maximum atomic E-state index is 5.85. The molecule has 0 N–H and O–H groups in total. The second-order valence-electron chi connectivity index (χ2n) is 4.31. The number of halogens is 2. The molecule has 0 atom stereocenters. The van der Waals surface area contributed by atoms with Gasteiger partial charge in [-0.25, -0.2) is 0 Å². The van der Waals surface area contributed by atoms with Crippen LogP contribution in [0.3, 0.4) is 0 Å². The molecule has 1 heterocycles. The van der Waals surface area contributed by atoms with E-state index in [4.69, 9.17) is 9.47 Å². The molecule has 0 aliphatic heterocycles.